The van der Waals surface area contributed by atoms with Crippen LogP contribution < -0.4 is 10.1 Å². The molecule has 0 unspecified atom stereocenters. The van der Waals surface area contributed by atoms with Gasteiger partial charge in [-0.3, -0.25) is 0 Å². The van der Waals surface area contributed by atoms with E-state index in [9.17, 15) is 0 Å². The number of benzene rings is 1. The molecule has 0 amide bonds. The zero-order valence-corrected chi connectivity index (χ0v) is 10.8. The maximum atomic E-state index is 8.89. The summed E-state index contributed by atoms with van der Waals surface area (Å²) in [6.45, 7) is 5.26. The number of hydrogen-bond acceptors (Lipinski definition) is 3. The molecule has 0 aliphatic carbocycles. The van der Waals surface area contributed by atoms with E-state index >= 15 is 0 Å². The molecular weight excluding hydrogens is 212 g/mol. The van der Waals surface area contributed by atoms with Crippen molar-refractivity contribution in [1.29, 1.82) is 5.26 Å². The molecule has 92 valence electrons. The molecule has 0 radical (unpaired) electrons. The predicted molar refractivity (Wildman–Crippen MR) is 68.7 cm³/mol. The molecule has 1 N–H and O–H groups in total. The maximum Gasteiger partial charge on any atom is 0.119 e. The zero-order valence-electron chi connectivity index (χ0n) is 10.8. The average molecular weight is 232 g/mol. The van der Waals surface area contributed by atoms with E-state index < -0.39 is 0 Å². The van der Waals surface area contributed by atoms with E-state index in [1.807, 2.05) is 39.1 Å². The molecule has 1 aromatic carbocycles. The van der Waals surface area contributed by atoms with Gasteiger partial charge in [0.05, 0.1) is 18.1 Å². The van der Waals surface area contributed by atoms with E-state index in [0.29, 0.717) is 6.61 Å². The van der Waals surface area contributed by atoms with Crippen LogP contribution in [0.15, 0.2) is 24.3 Å². The Morgan fingerprint density at radius 3 is 2.82 bits per heavy atom. The minimum atomic E-state index is -0.317. The van der Waals surface area contributed by atoms with Crippen LogP contribution in [0, 0.1) is 16.7 Å². The van der Waals surface area contributed by atoms with E-state index in [-0.39, 0.29) is 5.41 Å². The van der Waals surface area contributed by atoms with Crippen LogP contribution >= 0.6 is 0 Å². The second kappa shape index (κ2) is 6.27. The first-order valence-corrected chi connectivity index (χ1v) is 5.85. The van der Waals surface area contributed by atoms with Gasteiger partial charge in [-0.2, -0.15) is 5.26 Å². The lowest BCUT2D eigenvalue weighted by Gasteiger charge is -2.15. The number of rotatable bonds is 6. The summed E-state index contributed by atoms with van der Waals surface area (Å²) in [5, 5.41) is 12.0. The normalized spacial score (nSPS) is 10.9. The van der Waals surface area contributed by atoms with Crippen molar-refractivity contribution in [3.63, 3.8) is 0 Å². The quantitative estimate of drug-likeness (QED) is 0.820. The smallest absolute Gasteiger partial charge is 0.119 e. The van der Waals surface area contributed by atoms with E-state index in [4.69, 9.17) is 10.00 Å². The first-order valence-electron chi connectivity index (χ1n) is 5.85. The fourth-order valence-corrected chi connectivity index (χ4v) is 1.43. The Labute approximate surface area is 103 Å². The van der Waals surface area contributed by atoms with Gasteiger partial charge in [-0.1, -0.05) is 12.1 Å². The molecule has 0 fully saturated rings. The Morgan fingerprint density at radius 1 is 1.41 bits per heavy atom. The molecule has 1 aromatic rings. The molecule has 17 heavy (non-hydrogen) atoms. The number of nitriles is 1. The summed E-state index contributed by atoms with van der Waals surface area (Å²) in [4.78, 5) is 0. The largest absolute Gasteiger partial charge is 0.494 e. The van der Waals surface area contributed by atoms with Crippen LogP contribution in [0.5, 0.6) is 5.75 Å². The van der Waals surface area contributed by atoms with Crippen molar-refractivity contribution in [2.75, 3.05) is 13.7 Å². The molecule has 0 bridgehead atoms. The van der Waals surface area contributed by atoms with Gasteiger partial charge in [0.25, 0.3) is 0 Å². The van der Waals surface area contributed by atoms with E-state index in [1.54, 1.807) is 0 Å². The van der Waals surface area contributed by atoms with Crippen LogP contribution in [0.1, 0.15) is 25.8 Å². The van der Waals surface area contributed by atoms with Crippen molar-refractivity contribution in [3.8, 4) is 11.8 Å². The molecule has 3 nitrogen and oxygen atoms in total. The monoisotopic (exact) mass is 232 g/mol. The highest BCUT2D eigenvalue weighted by Gasteiger charge is 2.16. The van der Waals surface area contributed by atoms with Gasteiger partial charge >= 0.3 is 0 Å². The molecule has 0 heterocycles. The lowest BCUT2D eigenvalue weighted by Crippen LogP contribution is -2.13. The van der Waals surface area contributed by atoms with Gasteiger partial charge in [-0.05, 0) is 45.0 Å². The van der Waals surface area contributed by atoms with Crippen LogP contribution in [0.4, 0.5) is 0 Å². The molecule has 0 saturated heterocycles. The van der Waals surface area contributed by atoms with Crippen molar-refractivity contribution in [2.45, 2.75) is 26.8 Å². The molecule has 0 spiro atoms. The van der Waals surface area contributed by atoms with Crippen molar-refractivity contribution in [1.82, 2.24) is 5.32 Å². The Bertz CT molecular complexity index is 393. The average Bonchev–Trinajstić information content (AvgIpc) is 2.30. The topological polar surface area (TPSA) is 45.0 Å². The Hall–Kier alpha value is -1.53. The summed E-state index contributed by atoms with van der Waals surface area (Å²) >= 11 is 0. The molecule has 0 aliphatic heterocycles. The standard InChI is InChI=1S/C14H20N2O/c1-14(2,11-15)7-8-17-13-6-4-5-12(9-13)10-16-3/h4-6,9,16H,7-8,10H2,1-3H3. The molecule has 3 heteroatoms. The highest BCUT2D eigenvalue weighted by atomic mass is 16.5. The lowest BCUT2D eigenvalue weighted by molar-refractivity contribution is 0.264. The van der Waals surface area contributed by atoms with Gasteiger partial charge in [0, 0.05) is 6.54 Å². The fraction of sp³-hybridized carbons (Fsp3) is 0.500. The van der Waals surface area contributed by atoms with E-state index in [1.165, 1.54) is 5.56 Å². The number of hydrogen-bond donors (Lipinski definition) is 1. The molecule has 1 rings (SSSR count). The van der Waals surface area contributed by atoms with Crippen molar-refractivity contribution < 1.29 is 4.74 Å². The van der Waals surface area contributed by atoms with Crippen molar-refractivity contribution in [3.05, 3.63) is 29.8 Å². The third kappa shape index (κ3) is 4.88. The summed E-state index contributed by atoms with van der Waals surface area (Å²) in [6.07, 6.45) is 0.736. The molecular formula is C14H20N2O. The zero-order chi connectivity index (χ0) is 12.7. The first-order chi connectivity index (χ1) is 8.07. The highest BCUT2D eigenvalue weighted by molar-refractivity contribution is 5.28. The second-order valence-electron chi connectivity index (χ2n) is 4.77. The summed E-state index contributed by atoms with van der Waals surface area (Å²) in [7, 11) is 1.92. The predicted octanol–water partition coefficient (Wildman–Crippen LogP) is 2.72. The minimum absolute atomic E-state index is 0.317. The van der Waals surface area contributed by atoms with Gasteiger partial charge in [0.2, 0.25) is 0 Å². The van der Waals surface area contributed by atoms with Gasteiger partial charge in [0.15, 0.2) is 0 Å². The van der Waals surface area contributed by atoms with Gasteiger partial charge in [-0.25, -0.2) is 0 Å². The van der Waals surface area contributed by atoms with Crippen molar-refractivity contribution >= 4 is 0 Å². The van der Waals surface area contributed by atoms with Crippen LogP contribution in [-0.4, -0.2) is 13.7 Å². The number of ether oxygens (including phenoxy) is 1. The Kier molecular flexibility index (Phi) is 4.99. The van der Waals surface area contributed by atoms with Crippen LogP contribution in [0.2, 0.25) is 0 Å². The summed E-state index contributed by atoms with van der Waals surface area (Å²) in [5.41, 5.74) is 0.882. The molecule has 0 saturated carbocycles. The fourth-order valence-electron chi connectivity index (χ4n) is 1.43. The number of nitrogens with zero attached hydrogens (tertiary/aromatic N) is 1. The molecule has 0 atom stereocenters. The van der Waals surface area contributed by atoms with Crippen LogP contribution in [-0.2, 0) is 6.54 Å². The van der Waals surface area contributed by atoms with Gasteiger partial charge < -0.3 is 10.1 Å². The Morgan fingerprint density at radius 2 is 2.18 bits per heavy atom. The summed E-state index contributed by atoms with van der Waals surface area (Å²) < 4.78 is 5.65. The second-order valence-corrected chi connectivity index (χ2v) is 4.77. The van der Waals surface area contributed by atoms with Gasteiger partial charge in [-0.15, -0.1) is 0 Å². The molecule has 0 aliphatic rings. The Balaban J connectivity index is 2.47. The third-order valence-corrected chi connectivity index (χ3v) is 2.58. The summed E-state index contributed by atoms with van der Waals surface area (Å²) in [6, 6.07) is 10.3. The van der Waals surface area contributed by atoms with E-state index in [0.717, 1.165) is 18.7 Å². The third-order valence-electron chi connectivity index (χ3n) is 2.58. The molecule has 0 aromatic heterocycles. The highest BCUT2D eigenvalue weighted by Crippen LogP contribution is 2.20. The number of nitrogens with one attached hydrogen (secondary N) is 1. The van der Waals surface area contributed by atoms with Crippen LogP contribution in [0.3, 0.4) is 0 Å². The maximum absolute atomic E-state index is 8.89. The minimum Gasteiger partial charge on any atom is -0.494 e. The van der Waals surface area contributed by atoms with Gasteiger partial charge in [0.1, 0.15) is 5.75 Å². The lowest BCUT2D eigenvalue weighted by atomic mass is 9.92. The van der Waals surface area contributed by atoms with E-state index in [2.05, 4.69) is 17.5 Å². The van der Waals surface area contributed by atoms with Crippen LogP contribution in [0.25, 0.3) is 0 Å². The first kappa shape index (κ1) is 13.5. The van der Waals surface area contributed by atoms with Crippen molar-refractivity contribution in [2.24, 2.45) is 5.41 Å². The summed E-state index contributed by atoms with van der Waals surface area (Å²) in [5.74, 6) is 0.867. The SMILES string of the molecule is CNCc1cccc(OCCC(C)(C)C#N)c1.